The first-order valence-corrected chi connectivity index (χ1v) is 7.86. The van der Waals surface area contributed by atoms with Crippen molar-refractivity contribution in [1.82, 2.24) is 10.2 Å². The number of methoxy groups -OCH3 is 1. The summed E-state index contributed by atoms with van der Waals surface area (Å²) in [5.74, 6) is 0.671. The largest absolute Gasteiger partial charge is 0.383 e. The fourth-order valence-corrected chi connectivity index (χ4v) is 3.04. The third-order valence-electron chi connectivity index (χ3n) is 2.95. The summed E-state index contributed by atoms with van der Waals surface area (Å²) in [6, 6.07) is 4.43. The van der Waals surface area contributed by atoms with Crippen LogP contribution in [0.15, 0.2) is 12.1 Å². The molecule has 110 valence electrons. The van der Waals surface area contributed by atoms with Crippen molar-refractivity contribution in [2.45, 2.75) is 26.4 Å². The fourth-order valence-electron chi connectivity index (χ4n) is 1.88. The molecule has 5 heteroatoms. The van der Waals surface area contributed by atoms with Crippen LogP contribution in [-0.2, 0) is 11.3 Å². The standard InChI is InChI=1S/C14H25ClN2OS/c1-11(2)7-16-8-12(10-18-4)17(3)9-13-5-6-14(15)19-13/h5-6,11-12,16H,7-10H2,1-4H3. The molecule has 0 aromatic carbocycles. The van der Waals surface area contributed by atoms with Gasteiger partial charge in [-0.05, 0) is 31.6 Å². The van der Waals surface area contributed by atoms with Crippen molar-refractivity contribution in [3.05, 3.63) is 21.3 Å². The Kier molecular flexibility index (Phi) is 7.95. The Bertz CT molecular complexity index is 357. The monoisotopic (exact) mass is 304 g/mol. The molecule has 1 rings (SSSR count). The molecule has 0 aliphatic heterocycles. The lowest BCUT2D eigenvalue weighted by molar-refractivity contribution is 0.101. The van der Waals surface area contributed by atoms with Crippen molar-refractivity contribution < 1.29 is 4.74 Å². The quantitative estimate of drug-likeness (QED) is 0.759. The highest BCUT2D eigenvalue weighted by atomic mass is 35.5. The summed E-state index contributed by atoms with van der Waals surface area (Å²) in [4.78, 5) is 3.61. The van der Waals surface area contributed by atoms with E-state index in [9.17, 15) is 0 Å². The summed E-state index contributed by atoms with van der Waals surface area (Å²) in [6.07, 6.45) is 0. The van der Waals surface area contributed by atoms with Gasteiger partial charge in [-0.1, -0.05) is 25.4 Å². The maximum Gasteiger partial charge on any atom is 0.0931 e. The summed E-state index contributed by atoms with van der Waals surface area (Å²) in [6.45, 7) is 8.07. The second-order valence-electron chi connectivity index (χ2n) is 5.28. The number of hydrogen-bond donors (Lipinski definition) is 1. The van der Waals surface area contributed by atoms with E-state index in [-0.39, 0.29) is 0 Å². The number of nitrogens with zero attached hydrogens (tertiary/aromatic N) is 1. The minimum Gasteiger partial charge on any atom is -0.383 e. The molecule has 0 fully saturated rings. The number of hydrogen-bond acceptors (Lipinski definition) is 4. The maximum absolute atomic E-state index is 5.97. The Morgan fingerprint density at radius 2 is 2.11 bits per heavy atom. The summed E-state index contributed by atoms with van der Waals surface area (Å²) >= 11 is 7.61. The van der Waals surface area contributed by atoms with Crippen molar-refractivity contribution in [3.63, 3.8) is 0 Å². The molecular formula is C14H25ClN2OS. The first-order valence-electron chi connectivity index (χ1n) is 6.67. The predicted octanol–water partition coefficient (Wildman–Crippen LogP) is 3.09. The van der Waals surface area contributed by atoms with Gasteiger partial charge in [0.1, 0.15) is 0 Å². The highest BCUT2D eigenvalue weighted by molar-refractivity contribution is 7.16. The molecule has 1 unspecified atom stereocenters. The highest BCUT2D eigenvalue weighted by Crippen LogP contribution is 2.22. The van der Waals surface area contributed by atoms with Gasteiger partial charge in [0, 0.05) is 31.1 Å². The summed E-state index contributed by atoms with van der Waals surface area (Å²) < 4.78 is 6.17. The van der Waals surface area contributed by atoms with Gasteiger partial charge in [0.25, 0.3) is 0 Å². The number of likely N-dealkylation sites (N-methyl/N-ethyl adjacent to an activating group) is 1. The van der Waals surface area contributed by atoms with Crippen LogP contribution in [0.1, 0.15) is 18.7 Å². The van der Waals surface area contributed by atoms with Crippen molar-refractivity contribution >= 4 is 22.9 Å². The van der Waals surface area contributed by atoms with Crippen molar-refractivity contribution in [2.75, 3.05) is 33.9 Å². The van der Waals surface area contributed by atoms with Crippen LogP contribution < -0.4 is 5.32 Å². The van der Waals surface area contributed by atoms with E-state index in [0.29, 0.717) is 12.0 Å². The van der Waals surface area contributed by atoms with Gasteiger partial charge in [-0.25, -0.2) is 0 Å². The molecule has 1 aromatic heterocycles. The van der Waals surface area contributed by atoms with Crippen LogP contribution in [0.25, 0.3) is 0 Å². The van der Waals surface area contributed by atoms with E-state index >= 15 is 0 Å². The molecule has 1 aromatic rings. The van der Waals surface area contributed by atoms with Gasteiger partial charge < -0.3 is 10.1 Å². The molecule has 0 aliphatic rings. The van der Waals surface area contributed by atoms with E-state index in [4.69, 9.17) is 16.3 Å². The van der Waals surface area contributed by atoms with Crippen LogP contribution in [0, 0.1) is 5.92 Å². The van der Waals surface area contributed by atoms with Crippen LogP contribution in [0.2, 0.25) is 4.34 Å². The van der Waals surface area contributed by atoms with Gasteiger partial charge in [0.05, 0.1) is 10.9 Å². The van der Waals surface area contributed by atoms with E-state index in [1.165, 1.54) is 4.88 Å². The van der Waals surface area contributed by atoms with E-state index in [1.54, 1.807) is 18.4 Å². The van der Waals surface area contributed by atoms with Gasteiger partial charge in [-0.3, -0.25) is 4.90 Å². The minimum atomic E-state index is 0.379. The smallest absolute Gasteiger partial charge is 0.0931 e. The first-order chi connectivity index (χ1) is 9.02. The molecule has 1 heterocycles. The molecular weight excluding hydrogens is 280 g/mol. The molecule has 0 saturated heterocycles. The Morgan fingerprint density at radius 3 is 2.63 bits per heavy atom. The zero-order valence-corrected chi connectivity index (χ0v) is 13.9. The van der Waals surface area contributed by atoms with E-state index in [0.717, 1.165) is 30.6 Å². The van der Waals surface area contributed by atoms with E-state index in [1.807, 2.05) is 6.07 Å². The van der Waals surface area contributed by atoms with Crippen molar-refractivity contribution in [2.24, 2.45) is 5.92 Å². The topological polar surface area (TPSA) is 24.5 Å². The van der Waals surface area contributed by atoms with Gasteiger partial charge in [-0.15, -0.1) is 11.3 Å². The lowest BCUT2D eigenvalue weighted by atomic mass is 10.2. The number of halogens is 1. The minimum absolute atomic E-state index is 0.379. The number of nitrogens with one attached hydrogen (secondary N) is 1. The molecule has 1 atom stereocenters. The Labute approximate surface area is 125 Å². The van der Waals surface area contributed by atoms with Crippen LogP contribution in [0.5, 0.6) is 0 Å². The summed E-state index contributed by atoms with van der Waals surface area (Å²) in [5, 5.41) is 3.50. The SMILES string of the molecule is COCC(CNCC(C)C)N(C)Cc1ccc(Cl)s1. The Hall–Kier alpha value is -0.130. The lowest BCUT2D eigenvalue weighted by Crippen LogP contribution is -2.43. The Morgan fingerprint density at radius 1 is 1.37 bits per heavy atom. The first kappa shape index (κ1) is 16.9. The molecule has 0 saturated carbocycles. The third-order valence-corrected chi connectivity index (χ3v) is 4.16. The lowest BCUT2D eigenvalue weighted by Gasteiger charge is -2.27. The van der Waals surface area contributed by atoms with Gasteiger partial charge in [0.2, 0.25) is 0 Å². The molecule has 0 bridgehead atoms. The Balaban J connectivity index is 2.44. The molecule has 0 radical (unpaired) electrons. The zero-order valence-electron chi connectivity index (χ0n) is 12.3. The van der Waals surface area contributed by atoms with Crippen LogP contribution in [-0.4, -0.2) is 44.8 Å². The molecule has 0 aliphatic carbocycles. The van der Waals surface area contributed by atoms with Crippen molar-refractivity contribution in [3.8, 4) is 0 Å². The van der Waals surface area contributed by atoms with Crippen LogP contribution in [0.3, 0.4) is 0 Å². The number of rotatable bonds is 9. The van der Waals surface area contributed by atoms with Crippen LogP contribution >= 0.6 is 22.9 Å². The molecule has 0 spiro atoms. The van der Waals surface area contributed by atoms with E-state index < -0.39 is 0 Å². The molecule has 19 heavy (non-hydrogen) atoms. The maximum atomic E-state index is 5.97. The average Bonchev–Trinajstić information content (AvgIpc) is 2.73. The molecule has 3 nitrogen and oxygen atoms in total. The fraction of sp³-hybridized carbons (Fsp3) is 0.714. The molecule has 0 amide bonds. The summed E-state index contributed by atoms with van der Waals surface area (Å²) in [5.41, 5.74) is 0. The number of thiophene rings is 1. The third kappa shape index (κ3) is 6.72. The summed E-state index contributed by atoms with van der Waals surface area (Å²) in [7, 11) is 3.89. The average molecular weight is 305 g/mol. The van der Waals surface area contributed by atoms with Gasteiger partial charge >= 0.3 is 0 Å². The van der Waals surface area contributed by atoms with Gasteiger partial charge in [0.15, 0.2) is 0 Å². The normalized spacial score (nSPS) is 13.4. The van der Waals surface area contributed by atoms with Crippen molar-refractivity contribution in [1.29, 1.82) is 0 Å². The zero-order chi connectivity index (χ0) is 14.3. The second kappa shape index (κ2) is 8.93. The molecule has 1 N–H and O–H groups in total. The second-order valence-corrected chi connectivity index (χ2v) is 7.08. The van der Waals surface area contributed by atoms with E-state index in [2.05, 4.69) is 37.2 Å². The van der Waals surface area contributed by atoms with Gasteiger partial charge in [-0.2, -0.15) is 0 Å². The highest BCUT2D eigenvalue weighted by Gasteiger charge is 2.15. The number of ether oxygens (including phenoxy) is 1. The predicted molar refractivity (Wildman–Crippen MR) is 84.2 cm³/mol. The van der Waals surface area contributed by atoms with Crippen LogP contribution in [0.4, 0.5) is 0 Å².